The highest BCUT2D eigenvalue weighted by atomic mass is 16.5. The summed E-state index contributed by atoms with van der Waals surface area (Å²) in [7, 11) is 1.61. The van der Waals surface area contributed by atoms with Gasteiger partial charge in [-0.15, -0.1) is 0 Å². The van der Waals surface area contributed by atoms with Gasteiger partial charge in [-0.05, 0) is 48.9 Å². The van der Waals surface area contributed by atoms with E-state index in [1.165, 1.54) is 0 Å². The third-order valence-electron chi connectivity index (χ3n) is 4.07. The predicted octanol–water partition coefficient (Wildman–Crippen LogP) is 4.83. The number of para-hydroxylation sites is 2. The van der Waals surface area contributed by atoms with Crippen LogP contribution in [0.1, 0.15) is 21.5 Å². The van der Waals surface area contributed by atoms with Crippen molar-refractivity contribution in [3.05, 3.63) is 89.5 Å². The summed E-state index contributed by atoms with van der Waals surface area (Å²) >= 11 is 0. The second-order valence-electron chi connectivity index (χ2n) is 5.90. The minimum absolute atomic E-state index is 0.164. The number of carbonyl (C=O) groups excluding carboxylic acids is 1. The molecule has 3 aromatic rings. The van der Waals surface area contributed by atoms with Crippen LogP contribution in [0.25, 0.3) is 0 Å². The first-order valence-corrected chi connectivity index (χ1v) is 8.39. The molecule has 132 valence electrons. The van der Waals surface area contributed by atoms with Crippen molar-refractivity contribution in [2.24, 2.45) is 0 Å². The number of ether oxygens (including phenoxy) is 2. The molecule has 0 aliphatic heterocycles. The average molecular weight is 347 g/mol. The van der Waals surface area contributed by atoms with E-state index in [1.54, 1.807) is 25.3 Å². The van der Waals surface area contributed by atoms with Gasteiger partial charge in [0.1, 0.15) is 18.1 Å². The van der Waals surface area contributed by atoms with Crippen LogP contribution in [-0.2, 0) is 6.61 Å². The number of benzene rings is 3. The van der Waals surface area contributed by atoms with Crippen LogP contribution < -0.4 is 14.8 Å². The van der Waals surface area contributed by atoms with Crippen LogP contribution in [0.5, 0.6) is 11.5 Å². The SMILES string of the molecule is COc1ccc(C(=O)Nc2ccccc2C)cc1COc1ccccc1. The summed E-state index contributed by atoms with van der Waals surface area (Å²) in [6.45, 7) is 2.28. The van der Waals surface area contributed by atoms with Gasteiger partial charge in [0.15, 0.2) is 0 Å². The van der Waals surface area contributed by atoms with Crippen molar-refractivity contribution in [2.45, 2.75) is 13.5 Å². The van der Waals surface area contributed by atoms with Gasteiger partial charge in [0.2, 0.25) is 0 Å². The zero-order valence-corrected chi connectivity index (χ0v) is 14.9. The quantitative estimate of drug-likeness (QED) is 0.694. The Hall–Kier alpha value is -3.27. The van der Waals surface area contributed by atoms with E-state index in [9.17, 15) is 4.79 Å². The molecule has 0 heterocycles. The van der Waals surface area contributed by atoms with E-state index in [0.29, 0.717) is 17.9 Å². The summed E-state index contributed by atoms with van der Waals surface area (Å²) in [5.74, 6) is 1.29. The second-order valence-corrected chi connectivity index (χ2v) is 5.90. The van der Waals surface area contributed by atoms with Crippen molar-refractivity contribution >= 4 is 11.6 Å². The van der Waals surface area contributed by atoms with E-state index < -0.39 is 0 Å². The smallest absolute Gasteiger partial charge is 0.255 e. The summed E-state index contributed by atoms with van der Waals surface area (Å²) in [6, 6.07) is 22.6. The Morgan fingerprint density at radius 2 is 1.69 bits per heavy atom. The van der Waals surface area contributed by atoms with Crippen molar-refractivity contribution in [1.82, 2.24) is 0 Å². The van der Waals surface area contributed by atoms with Gasteiger partial charge in [0, 0.05) is 16.8 Å². The molecule has 0 radical (unpaired) electrons. The molecule has 26 heavy (non-hydrogen) atoms. The van der Waals surface area contributed by atoms with E-state index >= 15 is 0 Å². The van der Waals surface area contributed by atoms with Gasteiger partial charge in [0.05, 0.1) is 7.11 Å². The lowest BCUT2D eigenvalue weighted by molar-refractivity contribution is 0.102. The highest BCUT2D eigenvalue weighted by molar-refractivity contribution is 6.04. The topological polar surface area (TPSA) is 47.6 Å². The lowest BCUT2D eigenvalue weighted by Gasteiger charge is -2.13. The molecule has 3 rings (SSSR count). The van der Waals surface area contributed by atoms with Crippen LogP contribution >= 0.6 is 0 Å². The Labute approximate surface area is 153 Å². The Balaban J connectivity index is 1.78. The normalized spacial score (nSPS) is 10.2. The maximum absolute atomic E-state index is 12.6. The standard InChI is InChI=1S/C22H21NO3/c1-16-8-6-7-11-20(16)23-22(24)17-12-13-21(25-2)18(14-17)15-26-19-9-4-3-5-10-19/h3-14H,15H2,1-2H3,(H,23,24). The zero-order chi connectivity index (χ0) is 18.4. The molecule has 0 aromatic heterocycles. The van der Waals surface area contributed by atoms with E-state index in [0.717, 1.165) is 22.6 Å². The van der Waals surface area contributed by atoms with Crippen LogP contribution in [0.15, 0.2) is 72.8 Å². The van der Waals surface area contributed by atoms with E-state index in [1.807, 2.05) is 61.5 Å². The van der Waals surface area contributed by atoms with Crippen molar-refractivity contribution in [3.8, 4) is 11.5 Å². The fourth-order valence-electron chi connectivity index (χ4n) is 2.62. The Bertz CT molecular complexity index is 891. The Morgan fingerprint density at radius 1 is 0.962 bits per heavy atom. The zero-order valence-electron chi connectivity index (χ0n) is 14.9. The number of rotatable bonds is 6. The molecular formula is C22H21NO3. The number of aryl methyl sites for hydroxylation is 1. The predicted molar refractivity (Wildman–Crippen MR) is 103 cm³/mol. The van der Waals surface area contributed by atoms with Crippen LogP contribution in [0, 0.1) is 6.92 Å². The van der Waals surface area contributed by atoms with Crippen molar-refractivity contribution < 1.29 is 14.3 Å². The molecular weight excluding hydrogens is 326 g/mol. The van der Waals surface area contributed by atoms with E-state index in [4.69, 9.17) is 9.47 Å². The van der Waals surface area contributed by atoms with Crippen molar-refractivity contribution in [3.63, 3.8) is 0 Å². The number of hydrogen-bond donors (Lipinski definition) is 1. The van der Waals surface area contributed by atoms with Crippen LogP contribution in [0.3, 0.4) is 0 Å². The molecule has 0 spiro atoms. The molecule has 0 bridgehead atoms. The maximum Gasteiger partial charge on any atom is 0.255 e. The fraction of sp³-hybridized carbons (Fsp3) is 0.136. The number of nitrogens with one attached hydrogen (secondary N) is 1. The number of anilines is 1. The minimum Gasteiger partial charge on any atom is -0.496 e. The molecule has 0 fully saturated rings. The monoisotopic (exact) mass is 347 g/mol. The molecule has 1 amide bonds. The summed E-state index contributed by atoms with van der Waals surface area (Å²) in [4.78, 5) is 12.6. The minimum atomic E-state index is -0.164. The van der Waals surface area contributed by atoms with Gasteiger partial charge in [-0.1, -0.05) is 36.4 Å². The number of hydrogen-bond acceptors (Lipinski definition) is 3. The Kier molecular flexibility index (Phi) is 5.54. The first-order chi connectivity index (χ1) is 12.7. The summed E-state index contributed by atoms with van der Waals surface area (Å²) in [5.41, 5.74) is 3.19. The molecule has 0 aliphatic carbocycles. The van der Waals surface area contributed by atoms with Crippen LogP contribution in [0.2, 0.25) is 0 Å². The van der Waals surface area contributed by atoms with Crippen molar-refractivity contribution in [1.29, 1.82) is 0 Å². The van der Waals surface area contributed by atoms with Gasteiger partial charge < -0.3 is 14.8 Å². The molecule has 3 aromatic carbocycles. The number of carbonyl (C=O) groups is 1. The lowest BCUT2D eigenvalue weighted by atomic mass is 10.1. The first kappa shape index (κ1) is 17.5. The number of methoxy groups -OCH3 is 1. The third kappa shape index (κ3) is 4.22. The highest BCUT2D eigenvalue weighted by Crippen LogP contribution is 2.23. The average Bonchev–Trinajstić information content (AvgIpc) is 2.68. The highest BCUT2D eigenvalue weighted by Gasteiger charge is 2.12. The molecule has 4 nitrogen and oxygen atoms in total. The maximum atomic E-state index is 12.6. The van der Waals surface area contributed by atoms with Gasteiger partial charge in [-0.3, -0.25) is 4.79 Å². The summed E-state index contributed by atoms with van der Waals surface area (Å²) in [5, 5.41) is 2.94. The molecule has 0 saturated carbocycles. The summed E-state index contributed by atoms with van der Waals surface area (Å²) in [6.07, 6.45) is 0. The molecule has 1 N–H and O–H groups in total. The lowest BCUT2D eigenvalue weighted by Crippen LogP contribution is -2.13. The molecule has 0 unspecified atom stereocenters. The molecule has 4 heteroatoms. The largest absolute Gasteiger partial charge is 0.496 e. The van der Waals surface area contributed by atoms with Gasteiger partial charge in [-0.25, -0.2) is 0 Å². The van der Waals surface area contributed by atoms with Crippen LogP contribution in [-0.4, -0.2) is 13.0 Å². The molecule has 0 aliphatic rings. The van der Waals surface area contributed by atoms with E-state index in [2.05, 4.69) is 5.32 Å². The van der Waals surface area contributed by atoms with Gasteiger partial charge in [-0.2, -0.15) is 0 Å². The molecule has 0 saturated heterocycles. The second kappa shape index (κ2) is 8.21. The third-order valence-corrected chi connectivity index (χ3v) is 4.07. The van der Waals surface area contributed by atoms with E-state index in [-0.39, 0.29) is 5.91 Å². The van der Waals surface area contributed by atoms with Gasteiger partial charge >= 0.3 is 0 Å². The number of amides is 1. The first-order valence-electron chi connectivity index (χ1n) is 8.39. The molecule has 0 atom stereocenters. The summed E-state index contributed by atoms with van der Waals surface area (Å²) < 4.78 is 11.2. The van der Waals surface area contributed by atoms with Gasteiger partial charge in [0.25, 0.3) is 5.91 Å². The Morgan fingerprint density at radius 3 is 2.42 bits per heavy atom. The van der Waals surface area contributed by atoms with Crippen molar-refractivity contribution in [2.75, 3.05) is 12.4 Å². The van der Waals surface area contributed by atoms with Crippen LogP contribution in [0.4, 0.5) is 5.69 Å². The fourth-order valence-corrected chi connectivity index (χ4v) is 2.62.